The van der Waals surface area contributed by atoms with Crippen LogP contribution in [0.1, 0.15) is 63.1 Å². The first-order chi connectivity index (χ1) is 10.3. The first-order valence-electron chi connectivity index (χ1n) is 8.49. The molecule has 0 aliphatic heterocycles. The average molecular weight is 283 g/mol. The Morgan fingerprint density at radius 2 is 1.67 bits per heavy atom. The van der Waals surface area contributed by atoms with E-state index in [1.54, 1.807) is 0 Å². The summed E-state index contributed by atoms with van der Waals surface area (Å²) in [5, 5.41) is 6.50. The van der Waals surface area contributed by atoms with E-state index in [1.807, 2.05) is 0 Å². The summed E-state index contributed by atoms with van der Waals surface area (Å²) in [6.07, 6.45) is 6.56. The lowest BCUT2D eigenvalue weighted by Gasteiger charge is -2.21. The van der Waals surface area contributed by atoms with Gasteiger partial charge < -0.3 is 5.32 Å². The molecule has 114 valence electrons. The summed E-state index contributed by atoms with van der Waals surface area (Å²) >= 11 is 0. The van der Waals surface area contributed by atoms with Crippen molar-refractivity contribution in [1.29, 1.82) is 0 Å². The molecular weight excluding hydrogens is 254 g/mol. The minimum absolute atomic E-state index is 0.484. The lowest BCUT2D eigenvalue weighted by atomic mass is 9.93. The zero-order chi connectivity index (χ0) is 15.1. The number of fused-ring (bicyclic) bond motifs is 1. The highest BCUT2D eigenvalue weighted by Crippen LogP contribution is 2.29. The number of unbranched alkanes of at least 4 members (excludes halogenated alkanes) is 3. The van der Waals surface area contributed by atoms with Crippen molar-refractivity contribution in [2.45, 2.75) is 58.9 Å². The maximum atomic E-state index is 3.69. The van der Waals surface area contributed by atoms with Crippen molar-refractivity contribution in [3.63, 3.8) is 0 Å². The van der Waals surface area contributed by atoms with E-state index in [9.17, 15) is 0 Å². The van der Waals surface area contributed by atoms with Crippen LogP contribution < -0.4 is 5.32 Å². The van der Waals surface area contributed by atoms with Gasteiger partial charge in [-0.25, -0.2) is 0 Å². The monoisotopic (exact) mass is 283 g/mol. The molecule has 0 radical (unpaired) electrons. The van der Waals surface area contributed by atoms with Gasteiger partial charge in [0.1, 0.15) is 0 Å². The molecule has 0 fully saturated rings. The second-order valence-electron chi connectivity index (χ2n) is 5.98. The first kappa shape index (κ1) is 16.0. The first-order valence-corrected chi connectivity index (χ1v) is 8.49. The van der Waals surface area contributed by atoms with Gasteiger partial charge in [0.2, 0.25) is 0 Å². The summed E-state index contributed by atoms with van der Waals surface area (Å²) in [6, 6.07) is 13.9. The van der Waals surface area contributed by atoms with Crippen molar-refractivity contribution in [3.05, 3.63) is 47.5 Å². The van der Waals surface area contributed by atoms with E-state index in [1.165, 1.54) is 54.0 Å². The quantitative estimate of drug-likeness (QED) is 0.606. The van der Waals surface area contributed by atoms with Crippen molar-refractivity contribution < 1.29 is 0 Å². The van der Waals surface area contributed by atoms with Crippen molar-refractivity contribution in [1.82, 2.24) is 5.32 Å². The van der Waals surface area contributed by atoms with Gasteiger partial charge in [-0.2, -0.15) is 0 Å². The summed E-state index contributed by atoms with van der Waals surface area (Å²) < 4.78 is 0. The molecule has 0 aliphatic carbocycles. The van der Waals surface area contributed by atoms with Gasteiger partial charge in [0.25, 0.3) is 0 Å². The second-order valence-corrected chi connectivity index (χ2v) is 5.98. The number of hydrogen-bond acceptors (Lipinski definition) is 1. The molecule has 1 heteroatoms. The van der Waals surface area contributed by atoms with Crippen molar-refractivity contribution in [3.8, 4) is 0 Å². The minimum atomic E-state index is 0.484. The third-order valence-corrected chi connectivity index (χ3v) is 4.35. The highest BCUT2D eigenvalue weighted by atomic mass is 14.9. The fraction of sp³-hybridized carbons (Fsp3) is 0.500. The Morgan fingerprint density at radius 1 is 0.905 bits per heavy atom. The molecule has 1 N–H and O–H groups in total. The summed E-state index contributed by atoms with van der Waals surface area (Å²) in [5.41, 5.74) is 2.84. The van der Waals surface area contributed by atoms with Gasteiger partial charge in [0.05, 0.1) is 0 Å². The SMILES string of the molecule is CCCCCCC(NCC)c1ccc(C)c2ccccc12. The Kier molecular flexibility index (Phi) is 6.25. The molecule has 0 aromatic heterocycles. The van der Waals surface area contributed by atoms with Crippen LogP contribution in [0.5, 0.6) is 0 Å². The molecule has 2 aromatic rings. The van der Waals surface area contributed by atoms with E-state index in [2.05, 4.69) is 62.5 Å². The largest absolute Gasteiger partial charge is 0.310 e. The van der Waals surface area contributed by atoms with Crippen LogP contribution in [-0.4, -0.2) is 6.54 Å². The Labute approximate surface area is 129 Å². The molecule has 0 heterocycles. The van der Waals surface area contributed by atoms with E-state index in [-0.39, 0.29) is 0 Å². The average Bonchev–Trinajstić information content (AvgIpc) is 2.51. The van der Waals surface area contributed by atoms with Gasteiger partial charge in [-0.1, -0.05) is 75.9 Å². The molecule has 0 amide bonds. The highest BCUT2D eigenvalue weighted by Gasteiger charge is 2.13. The third-order valence-electron chi connectivity index (χ3n) is 4.35. The summed E-state index contributed by atoms with van der Waals surface area (Å²) in [5.74, 6) is 0. The maximum Gasteiger partial charge on any atom is 0.0326 e. The molecule has 0 saturated carbocycles. The van der Waals surface area contributed by atoms with Crippen LogP contribution in [0.2, 0.25) is 0 Å². The normalized spacial score (nSPS) is 12.7. The van der Waals surface area contributed by atoms with Crippen molar-refractivity contribution >= 4 is 10.8 Å². The molecule has 21 heavy (non-hydrogen) atoms. The number of hydrogen-bond donors (Lipinski definition) is 1. The van der Waals surface area contributed by atoms with E-state index < -0.39 is 0 Å². The standard InChI is InChI=1S/C20H29N/c1-4-6-7-8-13-20(21-5-2)19-15-14-16(3)17-11-9-10-12-18(17)19/h9-12,14-15,20-21H,4-8,13H2,1-3H3. The van der Waals surface area contributed by atoms with Crippen molar-refractivity contribution in [2.75, 3.05) is 6.54 Å². The summed E-state index contributed by atoms with van der Waals surface area (Å²) in [4.78, 5) is 0. The predicted octanol–water partition coefficient (Wildman–Crippen LogP) is 5.77. The van der Waals surface area contributed by atoms with E-state index >= 15 is 0 Å². The predicted molar refractivity (Wildman–Crippen MR) is 93.9 cm³/mol. The Morgan fingerprint density at radius 3 is 2.38 bits per heavy atom. The molecule has 2 rings (SSSR count). The zero-order valence-corrected chi connectivity index (χ0v) is 13.8. The van der Waals surface area contributed by atoms with Gasteiger partial charge in [0, 0.05) is 6.04 Å². The summed E-state index contributed by atoms with van der Waals surface area (Å²) in [6.45, 7) is 7.71. The summed E-state index contributed by atoms with van der Waals surface area (Å²) in [7, 11) is 0. The van der Waals surface area contributed by atoms with Gasteiger partial charge in [0.15, 0.2) is 0 Å². The fourth-order valence-corrected chi connectivity index (χ4v) is 3.17. The Bertz CT molecular complexity index is 559. The molecule has 2 aromatic carbocycles. The Hall–Kier alpha value is -1.34. The van der Waals surface area contributed by atoms with Gasteiger partial charge >= 0.3 is 0 Å². The molecule has 0 bridgehead atoms. The van der Waals surface area contributed by atoms with Crippen LogP contribution in [0.15, 0.2) is 36.4 Å². The molecule has 0 aliphatic rings. The molecule has 1 atom stereocenters. The van der Waals surface area contributed by atoms with Crippen LogP contribution in [-0.2, 0) is 0 Å². The van der Waals surface area contributed by atoms with Gasteiger partial charge in [-0.05, 0) is 41.8 Å². The smallest absolute Gasteiger partial charge is 0.0326 e. The van der Waals surface area contributed by atoms with Crippen LogP contribution >= 0.6 is 0 Å². The second kappa shape index (κ2) is 8.19. The van der Waals surface area contributed by atoms with Crippen LogP contribution in [0.4, 0.5) is 0 Å². The van der Waals surface area contributed by atoms with Crippen LogP contribution in [0.3, 0.4) is 0 Å². The van der Waals surface area contributed by atoms with Gasteiger partial charge in [-0.3, -0.25) is 0 Å². The molecule has 0 spiro atoms. The van der Waals surface area contributed by atoms with Crippen LogP contribution in [0.25, 0.3) is 10.8 Å². The lowest BCUT2D eigenvalue weighted by Crippen LogP contribution is -2.21. The molecular formula is C20H29N. The molecule has 1 unspecified atom stereocenters. The Balaban J connectivity index is 2.25. The topological polar surface area (TPSA) is 12.0 Å². The number of benzene rings is 2. The van der Waals surface area contributed by atoms with E-state index in [4.69, 9.17) is 0 Å². The van der Waals surface area contributed by atoms with Gasteiger partial charge in [-0.15, -0.1) is 0 Å². The minimum Gasteiger partial charge on any atom is -0.310 e. The van der Waals surface area contributed by atoms with E-state index in [0.29, 0.717) is 6.04 Å². The zero-order valence-electron chi connectivity index (χ0n) is 13.8. The number of nitrogens with one attached hydrogen (secondary N) is 1. The molecule has 1 nitrogen and oxygen atoms in total. The third kappa shape index (κ3) is 4.07. The van der Waals surface area contributed by atoms with Crippen molar-refractivity contribution in [2.24, 2.45) is 0 Å². The van der Waals surface area contributed by atoms with Crippen LogP contribution in [0, 0.1) is 6.92 Å². The number of aryl methyl sites for hydroxylation is 1. The fourth-order valence-electron chi connectivity index (χ4n) is 3.17. The maximum absolute atomic E-state index is 3.69. The highest BCUT2D eigenvalue weighted by molar-refractivity contribution is 5.88. The number of rotatable bonds is 8. The van der Waals surface area contributed by atoms with E-state index in [0.717, 1.165) is 6.54 Å². The molecule has 0 saturated heterocycles. The lowest BCUT2D eigenvalue weighted by molar-refractivity contribution is 0.484.